The first-order valence-corrected chi connectivity index (χ1v) is 7.71. The van der Waals surface area contributed by atoms with Crippen molar-refractivity contribution in [3.8, 4) is 5.75 Å². The van der Waals surface area contributed by atoms with Crippen molar-refractivity contribution in [3.63, 3.8) is 0 Å². The van der Waals surface area contributed by atoms with E-state index in [2.05, 4.69) is 68.6 Å². The standard InChI is InChI=1S/C19H25NO/c1-4-20-13-17-8-5-6-9-18(17)14-21-19-11-7-10-16(12-19)15(2)3/h5-12,15,20H,4,13-14H2,1-3H3. The molecule has 2 aromatic rings. The van der Waals surface area contributed by atoms with Crippen LogP contribution < -0.4 is 10.1 Å². The number of ether oxygens (including phenoxy) is 1. The van der Waals surface area contributed by atoms with Crippen LogP contribution in [0.4, 0.5) is 0 Å². The molecule has 0 aliphatic heterocycles. The molecule has 0 aromatic heterocycles. The second kappa shape index (κ2) is 7.84. The zero-order valence-corrected chi connectivity index (χ0v) is 13.2. The van der Waals surface area contributed by atoms with Gasteiger partial charge in [0.15, 0.2) is 0 Å². The molecule has 2 nitrogen and oxygen atoms in total. The van der Waals surface area contributed by atoms with Gasteiger partial charge in [-0.25, -0.2) is 0 Å². The Kier molecular flexibility index (Phi) is 5.82. The molecule has 0 spiro atoms. The number of nitrogens with one attached hydrogen (secondary N) is 1. The van der Waals surface area contributed by atoms with Crippen LogP contribution in [0.3, 0.4) is 0 Å². The van der Waals surface area contributed by atoms with E-state index >= 15 is 0 Å². The predicted molar refractivity (Wildman–Crippen MR) is 88.7 cm³/mol. The molecule has 0 aliphatic carbocycles. The van der Waals surface area contributed by atoms with E-state index in [0.717, 1.165) is 18.8 Å². The molecule has 0 unspecified atom stereocenters. The van der Waals surface area contributed by atoms with Crippen molar-refractivity contribution < 1.29 is 4.74 Å². The lowest BCUT2D eigenvalue weighted by Crippen LogP contribution is -2.13. The Morgan fingerprint density at radius 2 is 1.76 bits per heavy atom. The molecule has 0 heterocycles. The van der Waals surface area contributed by atoms with Crippen molar-refractivity contribution in [2.45, 2.75) is 39.8 Å². The van der Waals surface area contributed by atoms with Gasteiger partial charge in [0, 0.05) is 6.54 Å². The molecule has 1 N–H and O–H groups in total. The Bertz CT molecular complexity index is 563. The Morgan fingerprint density at radius 1 is 1.00 bits per heavy atom. The Balaban J connectivity index is 2.04. The van der Waals surface area contributed by atoms with E-state index < -0.39 is 0 Å². The van der Waals surface area contributed by atoms with Gasteiger partial charge in [-0.1, -0.05) is 57.2 Å². The number of hydrogen-bond acceptors (Lipinski definition) is 2. The van der Waals surface area contributed by atoms with Gasteiger partial charge in [-0.05, 0) is 41.3 Å². The van der Waals surface area contributed by atoms with Gasteiger partial charge in [0.25, 0.3) is 0 Å². The lowest BCUT2D eigenvalue weighted by atomic mass is 10.0. The number of rotatable bonds is 7. The SMILES string of the molecule is CCNCc1ccccc1COc1cccc(C(C)C)c1. The average Bonchev–Trinajstić information content (AvgIpc) is 2.52. The van der Waals surface area contributed by atoms with Crippen molar-refractivity contribution in [2.75, 3.05) is 6.54 Å². The van der Waals surface area contributed by atoms with Crippen molar-refractivity contribution in [1.82, 2.24) is 5.32 Å². The van der Waals surface area contributed by atoms with E-state index in [1.807, 2.05) is 6.07 Å². The summed E-state index contributed by atoms with van der Waals surface area (Å²) in [6, 6.07) is 16.8. The summed E-state index contributed by atoms with van der Waals surface area (Å²) < 4.78 is 5.98. The monoisotopic (exact) mass is 283 g/mol. The molecule has 0 radical (unpaired) electrons. The lowest BCUT2D eigenvalue weighted by molar-refractivity contribution is 0.304. The molecule has 0 aliphatic rings. The highest BCUT2D eigenvalue weighted by Crippen LogP contribution is 2.21. The third-order valence-electron chi connectivity index (χ3n) is 3.60. The van der Waals surface area contributed by atoms with Crippen molar-refractivity contribution in [3.05, 3.63) is 65.2 Å². The second-order valence-corrected chi connectivity index (χ2v) is 5.56. The molecule has 0 fully saturated rings. The Labute approximate surface area is 128 Å². The molecule has 0 amide bonds. The van der Waals surface area contributed by atoms with E-state index in [1.54, 1.807) is 0 Å². The van der Waals surface area contributed by atoms with Crippen LogP contribution in [0.25, 0.3) is 0 Å². The second-order valence-electron chi connectivity index (χ2n) is 5.56. The maximum Gasteiger partial charge on any atom is 0.120 e. The summed E-state index contributed by atoms with van der Waals surface area (Å²) in [7, 11) is 0. The predicted octanol–water partition coefficient (Wildman–Crippen LogP) is 4.50. The van der Waals surface area contributed by atoms with Gasteiger partial charge in [-0.3, -0.25) is 0 Å². The van der Waals surface area contributed by atoms with Crippen LogP contribution in [0.5, 0.6) is 5.75 Å². The molecule has 0 atom stereocenters. The highest BCUT2D eigenvalue weighted by molar-refractivity contribution is 5.31. The summed E-state index contributed by atoms with van der Waals surface area (Å²) in [5.41, 5.74) is 3.86. The van der Waals surface area contributed by atoms with Gasteiger partial charge in [0.1, 0.15) is 12.4 Å². The summed E-state index contributed by atoms with van der Waals surface area (Å²) in [5, 5.41) is 3.37. The minimum Gasteiger partial charge on any atom is -0.489 e. The van der Waals surface area contributed by atoms with E-state index in [0.29, 0.717) is 12.5 Å². The molecule has 2 aromatic carbocycles. The van der Waals surface area contributed by atoms with E-state index in [4.69, 9.17) is 4.74 Å². The van der Waals surface area contributed by atoms with Gasteiger partial charge in [0.2, 0.25) is 0 Å². The van der Waals surface area contributed by atoms with Gasteiger partial charge in [-0.15, -0.1) is 0 Å². The number of hydrogen-bond donors (Lipinski definition) is 1. The van der Waals surface area contributed by atoms with Crippen molar-refractivity contribution in [2.24, 2.45) is 0 Å². The lowest BCUT2D eigenvalue weighted by Gasteiger charge is -2.13. The summed E-state index contributed by atoms with van der Waals surface area (Å²) in [6.07, 6.45) is 0. The molecule has 112 valence electrons. The summed E-state index contributed by atoms with van der Waals surface area (Å²) in [4.78, 5) is 0. The minimum absolute atomic E-state index is 0.523. The molecule has 2 heteroatoms. The Hall–Kier alpha value is -1.80. The highest BCUT2D eigenvalue weighted by Gasteiger charge is 2.04. The summed E-state index contributed by atoms with van der Waals surface area (Å²) in [6.45, 7) is 9.00. The molecular formula is C19H25NO. The smallest absolute Gasteiger partial charge is 0.120 e. The molecule has 0 bridgehead atoms. The molecule has 0 saturated heterocycles. The van der Waals surface area contributed by atoms with E-state index in [1.165, 1.54) is 16.7 Å². The quantitative estimate of drug-likeness (QED) is 0.808. The van der Waals surface area contributed by atoms with Crippen LogP contribution >= 0.6 is 0 Å². The van der Waals surface area contributed by atoms with Crippen LogP contribution in [0, 0.1) is 0 Å². The Morgan fingerprint density at radius 3 is 2.48 bits per heavy atom. The largest absolute Gasteiger partial charge is 0.489 e. The zero-order valence-electron chi connectivity index (χ0n) is 13.2. The molecule has 0 saturated carbocycles. The maximum absolute atomic E-state index is 5.98. The topological polar surface area (TPSA) is 21.3 Å². The fraction of sp³-hybridized carbons (Fsp3) is 0.368. The maximum atomic E-state index is 5.98. The molecular weight excluding hydrogens is 258 g/mol. The first-order chi connectivity index (χ1) is 10.2. The van der Waals surface area contributed by atoms with E-state index in [-0.39, 0.29) is 0 Å². The van der Waals surface area contributed by atoms with Crippen LogP contribution in [0.1, 0.15) is 43.4 Å². The fourth-order valence-corrected chi connectivity index (χ4v) is 2.25. The fourth-order valence-electron chi connectivity index (χ4n) is 2.25. The van der Waals surface area contributed by atoms with Gasteiger partial charge in [-0.2, -0.15) is 0 Å². The zero-order chi connectivity index (χ0) is 15.1. The van der Waals surface area contributed by atoms with Crippen molar-refractivity contribution >= 4 is 0 Å². The molecule has 21 heavy (non-hydrogen) atoms. The average molecular weight is 283 g/mol. The first-order valence-electron chi connectivity index (χ1n) is 7.71. The van der Waals surface area contributed by atoms with Crippen molar-refractivity contribution in [1.29, 1.82) is 0 Å². The van der Waals surface area contributed by atoms with Gasteiger partial charge >= 0.3 is 0 Å². The van der Waals surface area contributed by atoms with Gasteiger partial charge in [0.05, 0.1) is 0 Å². The summed E-state index contributed by atoms with van der Waals surface area (Å²) in [5.74, 6) is 1.47. The highest BCUT2D eigenvalue weighted by atomic mass is 16.5. The summed E-state index contributed by atoms with van der Waals surface area (Å²) >= 11 is 0. The van der Waals surface area contributed by atoms with E-state index in [9.17, 15) is 0 Å². The third-order valence-corrected chi connectivity index (χ3v) is 3.60. The normalized spacial score (nSPS) is 10.9. The van der Waals surface area contributed by atoms with Gasteiger partial charge < -0.3 is 10.1 Å². The van der Waals surface area contributed by atoms with Crippen LogP contribution in [-0.2, 0) is 13.2 Å². The third kappa shape index (κ3) is 4.61. The van der Waals surface area contributed by atoms with Crippen LogP contribution in [0.2, 0.25) is 0 Å². The first kappa shape index (κ1) is 15.6. The minimum atomic E-state index is 0.523. The van der Waals surface area contributed by atoms with Crippen LogP contribution in [0.15, 0.2) is 48.5 Å². The molecule has 2 rings (SSSR count). The van der Waals surface area contributed by atoms with Crippen LogP contribution in [-0.4, -0.2) is 6.54 Å². The number of benzene rings is 2.